The summed E-state index contributed by atoms with van der Waals surface area (Å²) in [5.41, 5.74) is 8.87. The summed E-state index contributed by atoms with van der Waals surface area (Å²) in [6.07, 6.45) is 0. The number of halogens is 2. The number of ether oxygens (including phenoxy) is 1. The number of hydrogen-bond donors (Lipinski definition) is 1. The molecule has 1 fully saturated rings. The highest BCUT2D eigenvalue weighted by atomic mass is 35.5. The lowest BCUT2D eigenvalue weighted by atomic mass is 10.2. The van der Waals surface area contributed by atoms with Crippen LogP contribution in [-0.4, -0.2) is 53.2 Å². The van der Waals surface area contributed by atoms with Crippen LogP contribution in [0.4, 0.5) is 5.69 Å². The molecule has 2 N–H and O–H groups in total. The fourth-order valence-electron chi connectivity index (χ4n) is 3.42. The van der Waals surface area contributed by atoms with Gasteiger partial charge in [-0.2, -0.15) is 4.98 Å². The molecule has 0 spiro atoms. The third-order valence-corrected chi connectivity index (χ3v) is 5.00. The van der Waals surface area contributed by atoms with Gasteiger partial charge < -0.3 is 15.0 Å². The Morgan fingerprint density at radius 2 is 1.63 bits per heavy atom. The fraction of sp³-hybridized carbons (Fsp3) is 0.333. The summed E-state index contributed by atoms with van der Waals surface area (Å²) < 4.78 is 10.6. The van der Waals surface area contributed by atoms with Crippen molar-refractivity contribution in [2.45, 2.75) is 13.1 Å². The summed E-state index contributed by atoms with van der Waals surface area (Å²) in [6, 6.07) is 15.8. The lowest BCUT2D eigenvalue weighted by molar-refractivity contribution is 0.112. The van der Waals surface area contributed by atoms with Gasteiger partial charge in [-0.25, -0.2) is 0 Å². The highest BCUT2D eigenvalue weighted by Crippen LogP contribution is 2.20. The maximum atomic E-state index is 5.87. The monoisotopic (exact) mass is 451 g/mol. The third kappa shape index (κ3) is 6.09. The quantitative estimate of drug-likeness (QED) is 0.574. The van der Waals surface area contributed by atoms with E-state index < -0.39 is 0 Å². The van der Waals surface area contributed by atoms with E-state index in [9.17, 15) is 0 Å². The minimum absolute atomic E-state index is 0. The van der Waals surface area contributed by atoms with Crippen LogP contribution in [0.25, 0.3) is 11.4 Å². The molecule has 7 nitrogen and oxygen atoms in total. The van der Waals surface area contributed by atoms with Crippen molar-refractivity contribution in [3.8, 4) is 17.1 Å². The number of nitrogen functional groups attached to an aromatic ring is 1. The SMILES string of the molecule is COc1ccc(-c2noc(CN3CCN(Cc4cccc(N)c4)CC3)n2)cc1.Cl.Cl. The number of nitrogens with zero attached hydrogens (tertiary/aromatic N) is 4. The molecule has 0 unspecified atom stereocenters. The number of aromatic nitrogens is 2. The summed E-state index contributed by atoms with van der Waals surface area (Å²) in [4.78, 5) is 9.33. The van der Waals surface area contributed by atoms with E-state index in [1.54, 1.807) is 7.11 Å². The minimum atomic E-state index is 0. The van der Waals surface area contributed by atoms with Crippen LogP contribution < -0.4 is 10.5 Å². The Morgan fingerprint density at radius 3 is 2.27 bits per heavy atom. The molecule has 9 heteroatoms. The van der Waals surface area contributed by atoms with Crippen molar-refractivity contribution in [1.82, 2.24) is 19.9 Å². The lowest BCUT2D eigenvalue weighted by Gasteiger charge is -2.33. The average Bonchev–Trinajstić information content (AvgIpc) is 3.18. The second-order valence-corrected chi connectivity index (χ2v) is 7.04. The van der Waals surface area contributed by atoms with Crippen molar-refractivity contribution < 1.29 is 9.26 Å². The van der Waals surface area contributed by atoms with Gasteiger partial charge in [0.15, 0.2) is 0 Å². The van der Waals surface area contributed by atoms with Gasteiger partial charge in [0.1, 0.15) is 5.75 Å². The number of hydrogen-bond acceptors (Lipinski definition) is 7. The highest BCUT2D eigenvalue weighted by molar-refractivity contribution is 5.85. The van der Waals surface area contributed by atoms with Gasteiger partial charge in [-0.05, 0) is 42.0 Å². The number of anilines is 1. The molecule has 4 rings (SSSR count). The van der Waals surface area contributed by atoms with Crippen molar-refractivity contribution in [3.05, 3.63) is 60.0 Å². The van der Waals surface area contributed by atoms with Crippen molar-refractivity contribution in [2.75, 3.05) is 39.0 Å². The van der Waals surface area contributed by atoms with E-state index in [-0.39, 0.29) is 24.8 Å². The summed E-state index contributed by atoms with van der Waals surface area (Å²) in [5.74, 6) is 2.07. The third-order valence-electron chi connectivity index (χ3n) is 5.00. The van der Waals surface area contributed by atoms with Crippen LogP contribution in [0.1, 0.15) is 11.5 Å². The van der Waals surface area contributed by atoms with E-state index in [0.29, 0.717) is 18.3 Å². The van der Waals surface area contributed by atoms with Gasteiger partial charge in [0, 0.05) is 44.0 Å². The molecule has 1 aliphatic heterocycles. The summed E-state index contributed by atoms with van der Waals surface area (Å²) >= 11 is 0. The largest absolute Gasteiger partial charge is 0.497 e. The molecule has 162 valence electrons. The second-order valence-electron chi connectivity index (χ2n) is 7.04. The maximum Gasteiger partial charge on any atom is 0.241 e. The second kappa shape index (κ2) is 11.2. The van der Waals surface area contributed by atoms with Gasteiger partial charge in [-0.15, -0.1) is 24.8 Å². The molecule has 1 aromatic heterocycles. The Kier molecular flexibility index (Phi) is 8.92. The van der Waals surface area contributed by atoms with Crippen LogP contribution in [0.15, 0.2) is 53.1 Å². The Balaban J connectivity index is 0.00000160. The summed E-state index contributed by atoms with van der Waals surface area (Å²) in [6.45, 7) is 5.57. The van der Waals surface area contributed by atoms with E-state index in [1.807, 2.05) is 42.5 Å². The smallest absolute Gasteiger partial charge is 0.241 e. The van der Waals surface area contributed by atoms with Crippen molar-refractivity contribution >= 4 is 30.5 Å². The molecule has 1 aliphatic rings. The zero-order valence-corrected chi connectivity index (χ0v) is 18.5. The number of piperazine rings is 1. The molecule has 30 heavy (non-hydrogen) atoms. The average molecular weight is 452 g/mol. The van der Waals surface area contributed by atoms with Crippen LogP contribution >= 0.6 is 24.8 Å². The van der Waals surface area contributed by atoms with E-state index in [2.05, 4.69) is 26.0 Å². The number of nitrogens with two attached hydrogens (primary N) is 1. The first-order valence-corrected chi connectivity index (χ1v) is 9.46. The minimum Gasteiger partial charge on any atom is -0.497 e. The van der Waals surface area contributed by atoms with E-state index in [4.69, 9.17) is 15.0 Å². The summed E-state index contributed by atoms with van der Waals surface area (Å²) in [7, 11) is 1.65. The molecule has 0 saturated carbocycles. The molecule has 3 aromatic rings. The molecule has 0 bridgehead atoms. The van der Waals surface area contributed by atoms with Crippen LogP contribution in [-0.2, 0) is 13.1 Å². The zero-order chi connectivity index (χ0) is 19.3. The Morgan fingerprint density at radius 1 is 0.967 bits per heavy atom. The molecule has 0 radical (unpaired) electrons. The van der Waals surface area contributed by atoms with Crippen LogP contribution in [0.2, 0.25) is 0 Å². The number of methoxy groups -OCH3 is 1. The lowest BCUT2D eigenvalue weighted by Crippen LogP contribution is -2.45. The van der Waals surface area contributed by atoms with Gasteiger partial charge >= 0.3 is 0 Å². The molecule has 0 aliphatic carbocycles. The molecule has 0 atom stereocenters. The molecule has 2 aromatic carbocycles. The first-order valence-electron chi connectivity index (χ1n) is 9.46. The first kappa shape index (κ1) is 24.0. The van der Waals surface area contributed by atoms with Crippen molar-refractivity contribution in [1.29, 1.82) is 0 Å². The number of rotatable bonds is 6. The molecule has 1 saturated heterocycles. The Labute approximate surface area is 189 Å². The molecular weight excluding hydrogens is 425 g/mol. The van der Waals surface area contributed by atoms with Crippen LogP contribution in [0.5, 0.6) is 5.75 Å². The van der Waals surface area contributed by atoms with Gasteiger partial charge in [-0.3, -0.25) is 9.80 Å². The predicted molar refractivity (Wildman–Crippen MR) is 122 cm³/mol. The van der Waals surface area contributed by atoms with Crippen LogP contribution in [0.3, 0.4) is 0 Å². The molecular formula is C21H27Cl2N5O2. The fourth-order valence-corrected chi connectivity index (χ4v) is 3.42. The Hall–Kier alpha value is -2.32. The molecule has 2 heterocycles. The summed E-state index contributed by atoms with van der Waals surface area (Å²) in [5, 5.41) is 4.11. The highest BCUT2D eigenvalue weighted by Gasteiger charge is 2.19. The van der Waals surface area contributed by atoms with Gasteiger partial charge in [0.25, 0.3) is 0 Å². The predicted octanol–water partition coefficient (Wildman–Crippen LogP) is 3.49. The maximum absolute atomic E-state index is 5.87. The normalized spacial score (nSPS) is 14.6. The topological polar surface area (TPSA) is 80.7 Å². The molecule has 0 amide bonds. The number of benzene rings is 2. The van der Waals surface area contributed by atoms with Crippen LogP contribution in [0, 0.1) is 0 Å². The first-order chi connectivity index (χ1) is 13.7. The van der Waals surface area contributed by atoms with E-state index >= 15 is 0 Å². The van der Waals surface area contributed by atoms with Gasteiger partial charge in [-0.1, -0.05) is 17.3 Å². The van der Waals surface area contributed by atoms with Gasteiger partial charge in [0.05, 0.1) is 13.7 Å². The van der Waals surface area contributed by atoms with E-state index in [0.717, 1.165) is 49.7 Å². The van der Waals surface area contributed by atoms with E-state index in [1.165, 1.54) is 5.56 Å². The van der Waals surface area contributed by atoms with Crippen molar-refractivity contribution in [2.24, 2.45) is 0 Å². The Bertz CT molecular complexity index is 912. The standard InChI is InChI=1S/C21H25N5O2.2ClH/c1-27-19-7-5-17(6-8-19)21-23-20(28-24-21)15-26-11-9-25(10-12-26)14-16-3-2-4-18(22)13-16;;/h2-8,13H,9-12,14-15,22H2,1H3;2*1H. The zero-order valence-electron chi connectivity index (χ0n) is 16.9. The van der Waals surface area contributed by atoms with Gasteiger partial charge in [0.2, 0.25) is 11.7 Å². The van der Waals surface area contributed by atoms with Crippen molar-refractivity contribution in [3.63, 3.8) is 0 Å².